The van der Waals surface area contributed by atoms with E-state index >= 15 is 0 Å². The van der Waals surface area contributed by atoms with Gasteiger partial charge in [-0.05, 0) is 42.7 Å². The molecule has 0 aliphatic carbocycles. The average Bonchev–Trinajstić information content (AvgIpc) is 2.50. The number of benzene rings is 2. The zero-order valence-corrected chi connectivity index (χ0v) is 12.9. The molecular formula is C18H19F2NO. The third-order valence-electron chi connectivity index (χ3n) is 4.00. The van der Waals surface area contributed by atoms with Gasteiger partial charge >= 0.3 is 0 Å². The van der Waals surface area contributed by atoms with Crippen molar-refractivity contribution in [1.82, 2.24) is 4.90 Å². The Morgan fingerprint density at radius 3 is 2.45 bits per heavy atom. The second-order valence-corrected chi connectivity index (χ2v) is 5.46. The van der Waals surface area contributed by atoms with Crippen LogP contribution in [0.4, 0.5) is 8.78 Å². The highest BCUT2D eigenvalue weighted by Crippen LogP contribution is 2.22. The van der Waals surface area contributed by atoms with E-state index in [9.17, 15) is 13.6 Å². The van der Waals surface area contributed by atoms with Crippen molar-refractivity contribution >= 4 is 5.91 Å². The van der Waals surface area contributed by atoms with Crippen LogP contribution in [0.1, 0.15) is 29.7 Å². The summed E-state index contributed by atoms with van der Waals surface area (Å²) in [5, 5.41) is 0. The Balaban J connectivity index is 2.12. The fourth-order valence-corrected chi connectivity index (χ4v) is 2.31. The van der Waals surface area contributed by atoms with Crippen LogP contribution in [0.15, 0.2) is 42.5 Å². The van der Waals surface area contributed by atoms with Crippen molar-refractivity contribution < 1.29 is 13.6 Å². The van der Waals surface area contributed by atoms with E-state index < -0.39 is 11.6 Å². The second-order valence-electron chi connectivity index (χ2n) is 5.46. The van der Waals surface area contributed by atoms with Crippen LogP contribution in [0.3, 0.4) is 0 Å². The predicted octanol–water partition coefficient (Wildman–Crippen LogP) is 4.04. The van der Waals surface area contributed by atoms with Crippen LogP contribution in [0.25, 0.3) is 0 Å². The smallest absolute Gasteiger partial charge is 0.227 e. The average molecular weight is 303 g/mol. The highest BCUT2D eigenvalue weighted by atomic mass is 19.2. The summed E-state index contributed by atoms with van der Waals surface area (Å²) >= 11 is 0. The number of hydrogen-bond acceptors (Lipinski definition) is 1. The molecule has 0 N–H and O–H groups in total. The fourth-order valence-electron chi connectivity index (χ4n) is 2.31. The Morgan fingerprint density at radius 1 is 1.14 bits per heavy atom. The van der Waals surface area contributed by atoms with Crippen LogP contribution >= 0.6 is 0 Å². The molecule has 116 valence electrons. The van der Waals surface area contributed by atoms with Gasteiger partial charge in [-0.25, -0.2) is 8.78 Å². The quantitative estimate of drug-likeness (QED) is 0.835. The lowest BCUT2D eigenvalue weighted by Gasteiger charge is -2.26. The van der Waals surface area contributed by atoms with Gasteiger partial charge in [0.25, 0.3) is 0 Å². The monoisotopic (exact) mass is 303 g/mol. The first-order valence-electron chi connectivity index (χ1n) is 7.15. The minimum atomic E-state index is -0.899. The summed E-state index contributed by atoms with van der Waals surface area (Å²) in [6.07, 6.45) is 0.289. The maximum absolute atomic E-state index is 13.3. The third kappa shape index (κ3) is 3.50. The van der Waals surface area contributed by atoms with Crippen molar-refractivity contribution in [3.8, 4) is 0 Å². The van der Waals surface area contributed by atoms with Gasteiger partial charge in [-0.15, -0.1) is 0 Å². The number of carbonyl (C=O) groups is 1. The number of nitrogens with zero attached hydrogens (tertiary/aromatic N) is 1. The van der Waals surface area contributed by atoms with E-state index in [2.05, 4.69) is 0 Å². The molecule has 2 aromatic rings. The molecule has 0 radical (unpaired) electrons. The van der Waals surface area contributed by atoms with Gasteiger partial charge in [0.05, 0.1) is 12.5 Å². The molecule has 2 aromatic carbocycles. The number of aryl methyl sites for hydroxylation is 1. The zero-order valence-electron chi connectivity index (χ0n) is 12.9. The molecule has 1 unspecified atom stereocenters. The molecule has 2 nitrogen and oxygen atoms in total. The second kappa shape index (κ2) is 6.69. The van der Waals surface area contributed by atoms with Gasteiger partial charge in [0, 0.05) is 7.05 Å². The van der Waals surface area contributed by atoms with E-state index in [1.54, 1.807) is 18.9 Å². The minimum absolute atomic E-state index is 0.0634. The summed E-state index contributed by atoms with van der Waals surface area (Å²) in [5.74, 6) is -1.85. The Kier molecular flexibility index (Phi) is 4.91. The minimum Gasteiger partial charge on any atom is -0.339 e. The molecule has 1 amide bonds. The third-order valence-corrected chi connectivity index (χ3v) is 4.00. The SMILES string of the molecule is Cc1ccccc1CC(=O)N(C)C(C)c1ccc(F)c(F)c1. The number of amides is 1. The Labute approximate surface area is 129 Å². The molecule has 0 saturated heterocycles. The molecule has 0 heterocycles. The van der Waals surface area contributed by atoms with E-state index in [0.29, 0.717) is 5.56 Å². The molecule has 0 bridgehead atoms. The first kappa shape index (κ1) is 16.1. The van der Waals surface area contributed by atoms with E-state index in [-0.39, 0.29) is 18.4 Å². The van der Waals surface area contributed by atoms with E-state index in [0.717, 1.165) is 23.3 Å². The Hall–Kier alpha value is -2.23. The molecule has 0 spiro atoms. The van der Waals surface area contributed by atoms with Crippen LogP contribution in [0, 0.1) is 18.6 Å². The summed E-state index contributed by atoms with van der Waals surface area (Å²) < 4.78 is 26.3. The highest BCUT2D eigenvalue weighted by Gasteiger charge is 2.19. The van der Waals surface area contributed by atoms with Crippen LogP contribution in [0.5, 0.6) is 0 Å². The maximum atomic E-state index is 13.3. The summed E-state index contributed by atoms with van der Waals surface area (Å²) in [4.78, 5) is 13.9. The predicted molar refractivity (Wildman–Crippen MR) is 82.4 cm³/mol. The lowest BCUT2D eigenvalue weighted by molar-refractivity contribution is -0.131. The van der Waals surface area contributed by atoms with Crippen molar-refractivity contribution in [2.75, 3.05) is 7.05 Å². The normalized spacial score (nSPS) is 12.0. The van der Waals surface area contributed by atoms with Crippen LogP contribution in [-0.4, -0.2) is 17.9 Å². The molecule has 2 rings (SSSR count). The first-order valence-corrected chi connectivity index (χ1v) is 7.15. The number of rotatable bonds is 4. The first-order chi connectivity index (χ1) is 10.4. The van der Waals surface area contributed by atoms with Crippen molar-refractivity contribution in [3.63, 3.8) is 0 Å². The van der Waals surface area contributed by atoms with Gasteiger partial charge in [-0.3, -0.25) is 4.79 Å². The molecule has 1 atom stereocenters. The van der Waals surface area contributed by atoms with Gasteiger partial charge in [0.1, 0.15) is 0 Å². The summed E-state index contributed by atoms with van der Waals surface area (Å²) in [6.45, 7) is 3.75. The van der Waals surface area contributed by atoms with Gasteiger partial charge in [0.15, 0.2) is 11.6 Å². The standard InChI is InChI=1S/C18H19F2NO/c1-12-6-4-5-7-14(12)11-18(22)21(3)13(2)15-8-9-16(19)17(20)10-15/h4-10,13H,11H2,1-3H3. The molecule has 4 heteroatoms. The van der Waals surface area contributed by atoms with Gasteiger partial charge in [-0.2, -0.15) is 0 Å². The van der Waals surface area contributed by atoms with Crippen LogP contribution in [0.2, 0.25) is 0 Å². The number of hydrogen-bond donors (Lipinski definition) is 0. The Bertz CT molecular complexity index is 685. The number of halogens is 2. The molecule has 0 aliphatic rings. The molecule has 0 fully saturated rings. The lowest BCUT2D eigenvalue weighted by Crippen LogP contribution is -2.31. The maximum Gasteiger partial charge on any atom is 0.227 e. The topological polar surface area (TPSA) is 20.3 Å². The zero-order chi connectivity index (χ0) is 16.3. The fraction of sp³-hybridized carbons (Fsp3) is 0.278. The molecule has 0 aromatic heterocycles. The highest BCUT2D eigenvalue weighted by molar-refractivity contribution is 5.79. The molecule has 22 heavy (non-hydrogen) atoms. The summed E-state index contributed by atoms with van der Waals surface area (Å²) in [6, 6.07) is 11.1. The molecule has 0 aliphatic heterocycles. The largest absolute Gasteiger partial charge is 0.339 e. The lowest BCUT2D eigenvalue weighted by atomic mass is 10.0. The van der Waals surface area contributed by atoms with Gasteiger partial charge in [0.2, 0.25) is 5.91 Å². The van der Waals surface area contributed by atoms with Crippen molar-refractivity contribution in [1.29, 1.82) is 0 Å². The van der Waals surface area contributed by atoms with Crippen molar-refractivity contribution in [2.24, 2.45) is 0 Å². The van der Waals surface area contributed by atoms with Gasteiger partial charge in [-0.1, -0.05) is 30.3 Å². The van der Waals surface area contributed by atoms with E-state index in [4.69, 9.17) is 0 Å². The Morgan fingerprint density at radius 2 is 1.82 bits per heavy atom. The van der Waals surface area contributed by atoms with Crippen molar-refractivity contribution in [3.05, 3.63) is 70.8 Å². The summed E-state index contributed by atoms with van der Waals surface area (Å²) in [5.41, 5.74) is 2.60. The van der Waals surface area contributed by atoms with Gasteiger partial charge < -0.3 is 4.90 Å². The molecular weight excluding hydrogens is 284 g/mol. The summed E-state index contributed by atoms with van der Waals surface area (Å²) in [7, 11) is 1.67. The number of likely N-dealkylation sites (N-methyl/N-ethyl adjacent to an activating group) is 1. The van der Waals surface area contributed by atoms with E-state index in [1.165, 1.54) is 6.07 Å². The van der Waals surface area contributed by atoms with Crippen LogP contribution < -0.4 is 0 Å². The van der Waals surface area contributed by atoms with E-state index in [1.807, 2.05) is 31.2 Å². The molecule has 0 saturated carbocycles. The van der Waals surface area contributed by atoms with Crippen molar-refractivity contribution in [2.45, 2.75) is 26.3 Å². The van der Waals surface area contributed by atoms with Crippen LogP contribution in [-0.2, 0) is 11.2 Å². The number of carbonyl (C=O) groups excluding carboxylic acids is 1.